The number of hydrogen-bond acceptors (Lipinski definition) is 0. The number of hydrogen-bond donors (Lipinski definition) is 0. The van der Waals surface area contributed by atoms with Gasteiger partial charge in [0, 0.05) is 0 Å². The molecule has 118 valence electrons. The van der Waals surface area contributed by atoms with E-state index in [1.54, 1.807) is 0 Å². The second-order valence-corrected chi connectivity index (χ2v) is 6.68. The molecule has 0 aromatic heterocycles. The fourth-order valence-electron chi connectivity index (χ4n) is 2.96. The highest BCUT2D eigenvalue weighted by Crippen LogP contribution is 2.20. The summed E-state index contributed by atoms with van der Waals surface area (Å²) >= 11 is 0. The average Bonchev–Trinajstić information content (AvgIpc) is 2.43. The highest BCUT2D eigenvalue weighted by Gasteiger charge is 2.04. The Morgan fingerprint density at radius 1 is 0.800 bits per heavy atom. The van der Waals surface area contributed by atoms with Gasteiger partial charge in [-0.25, -0.2) is 0 Å². The van der Waals surface area contributed by atoms with Gasteiger partial charge in [0.15, 0.2) is 0 Å². The Morgan fingerprint density at radius 3 is 1.85 bits per heavy atom. The maximum atomic E-state index is 3.59. The van der Waals surface area contributed by atoms with E-state index in [1.807, 2.05) is 0 Å². The van der Waals surface area contributed by atoms with E-state index in [4.69, 9.17) is 0 Å². The summed E-state index contributed by atoms with van der Waals surface area (Å²) in [5.74, 6) is 1.88. The molecule has 0 saturated carbocycles. The lowest BCUT2D eigenvalue weighted by Gasteiger charge is -2.13. The Kier molecular flexibility index (Phi) is 14.6. The van der Waals surface area contributed by atoms with Crippen molar-refractivity contribution in [2.24, 2.45) is 11.8 Å². The third kappa shape index (κ3) is 13.9. The van der Waals surface area contributed by atoms with Crippen LogP contribution >= 0.6 is 0 Å². The first-order valence-corrected chi connectivity index (χ1v) is 9.05. The topological polar surface area (TPSA) is 0 Å². The molecule has 0 aromatic rings. The van der Waals surface area contributed by atoms with Crippen molar-refractivity contribution in [1.29, 1.82) is 0 Å². The van der Waals surface area contributed by atoms with Crippen LogP contribution in [0.1, 0.15) is 97.8 Å². The molecule has 2 unspecified atom stereocenters. The maximum Gasteiger partial charge on any atom is -0.0275 e. The smallest absolute Gasteiger partial charge is 0.0275 e. The molecule has 0 bridgehead atoms. The second-order valence-electron chi connectivity index (χ2n) is 6.68. The molecule has 0 spiro atoms. The van der Waals surface area contributed by atoms with Crippen molar-refractivity contribution >= 4 is 0 Å². The van der Waals surface area contributed by atoms with E-state index < -0.39 is 0 Å². The van der Waals surface area contributed by atoms with Crippen LogP contribution in [0, 0.1) is 11.8 Å². The van der Waals surface area contributed by atoms with Crippen molar-refractivity contribution in [2.75, 3.05) is 0 Å². The van der Waals surface area contributed by atoms with Crippen LogP contribution in [-0.4, -0.2) is 0 Å². The fraction of sp³-hybridized carbons (Fsp3) is 0.850. The van der Waals surface area contributed by atoms with Crippen molar-refractivity contribution < 1.29 is 0 Å². The van der Waals surface area contributed by atoms with E-state index in [2.05, 4.69) is 39.2 Å². The molecule has 0 aliphatic heterocycles. The summed E-state index contributed by atoms with van der Waals surface area (Å²) in [7, 11) is 0. The van der Waals surface area contributed by atoms with Crippen LogP contribution in [-0.2, 0) is 0 Å². The molecule has 0 aromatic carbocycles. The highest BCUT2D eigenvalue weighted by molar-refractivity contribution is 4.74. The van der Waals surface area contributed by atoms with Crippen molar-refractivity contribution in [3.8, 4) is 0 Å². The summed E-state index contributed by atoms with van der Waals surface area (Å²) < 4.78 is 0. The summed E-state index contributed by atoms with van der Waals surface area (Å²) in [5.41, 5.74) is 2.85. The number of unbranched alkanes of at least 4 members (excludes halogenated alkanes) is 5. The monoisotopic (exact) mass is 278 g/mol. The lowest BCUT2D eigenvalue weighted by Crippen LogP contribution is -1.97. The first-order valence-electron chi connectivity index (χ1n) is 9.05. The molecule has 0 amide bonds. The van der Waals surface area contributed by atoms with Crippen LogP contribution in [0.5, 0.6) is 0 Å². The lowest BCUT2D eigenvalue weighted by molar-refractivity contribution is 0.408. The zero-order valence-electron chi connectivity index (χ0n) is 14.4. The molecule has 0 aliphatic carbocycles. The second kappa shape index (κ2) is 14.9. The summed E-state index contributed by atoms with van der Waals surface area (Å²) in [5, 5.41) is 0. The van der Waals surface area contributed by atoms with E-state index in [0.717, 1.165) is 18.3 Å². The third-order valence-corrected chi connectivity index (χ3v) is 4.37. The minimum absolute atomic E-state index is 0.935. The first kappa shape index (κ1) is 19.5. The van der Waals surface area contributed by atoms with Gasteiger partial charge in [0.1, 0.15) is 0 Å². The molecule has 0 saturated heterocycles. The van der Waals surface area contributed by atoms with E-state index >= 15 is 0 Å². The first-order chi connectivity index (χ1) is 9.70. The van der Waals surface area contributed by atoms with Gasteiger partial charge in [-0.15, -0.1) is 5.73 Å². The van der Waals surface area contributed by atoms with Crippen LogP contribution < -0.4 is 0 Å². The summed E-state index contributed by atoms with van der Waals surface area (Å²) in [4.78, 5) is 0. The van der Waals surface area contributed by atoms with Gasteiger partial charge in [-0.1, -0.05) is 91.6 Å². The summed E-state index contributed by atoms with van der Waals surface area (Å²) in [6.07, 6.45) is 18.7. The van der Waals surface area contributed by atoms with Crippen LogP contribution in [0.3, 0.4) is 0 Å². The Bertz CT molecular complexity index is 234. The molecular formula is C20H38. The molecule has 0 nitrogen and oxygen atoms in total. The zero-order valence-corrected chi connectivity index (χ0v) is 14.4. The molecule has 0 aliphatic rings. The van der Waals surface area contributed by atoms with Crippen molar-refractivity contribution in [3.05, 3.63) is 18.4 Å². The van der Waals surface area contributed by atoms with Gasteiger partial charge in [-0.3, -0.25) is 0 Å². The lowest BCUT2D eigenvalue weighted by atomic mass is 9.94. The van der Waals surface area contributed by atoms with E-state index in [9.17, 15) is 0 Å². The van der Waals surface area contributed by atoms with E-state index in [0.29, 0.717) is 0 Å². The zero-order chi connectivity index (χ0) is 15.1. The molecule has 0 heteroatoms. The van der Waals surface area contributed by atoms with E-state index in [1.165, 1.54) is 70.6 Å². The van der Waals surface area contributed by atoms with Crippen LogP contribution in [0.25, 0.3) is 0 Å². The maximum absolute atomic E-state index is 3.59. The van der Waals surface area contributed by atoms with E-state index in [-0.39, 0.29) is 0 Å². The van der Waals surface area contributed by atoms with Gasteiger partial charge in [-0.2, -0.15) is 0 Å². The number of rotatable bonds is 14. The minimum atomic E-state index is 0.935. The quantitative estimate of drug-likeness (QED) is 0.231. The molecule has 0 heterocycles. The predicted octanol–water partition coefficient (Wildman–Crippen LogP) is 7.30. The van der Waals surface area contributed by atoms with Crippen LogP contribution in [0.2, 0.25) is 0 Å². The Hall–Kier alpha value is -0.480. The van der Waals surface area contributed by atoms with Gasteiger partial charge < -0.3 is 0 Å². The third-order valence-electron chi connectivity index (χ3n) is 4.37. The SMILES string of the molecule is C=C=CCCCCCCC(C)CCCCC(C)CCC. The van der Waals surface area contributed by atoms with Crippen molar-refractivity contribution in [1.82, 2.24) is 0 Å². The van der Waals surface area contributed by atoms with Gasteiger partial charge in [-0.05, 0) is 30.8 Å². The summed E-state index contributed by atoms with van der Waals surface area (Å²) in [6.45, 7) is 10.7. The van der Waals surface area contributed by atoms with Gasteiger partial charge in [0.2, 0.25) is 0 Å². The Morgan fingerprint density at radius 2 is 1.30 bits per heavy atom. The van der Waals surface area contributed by atoms with Crippen LogP contribution in [0.15, 0.2) is 18.4 Å². The molecule has 0 N–H and O–H groups in total. The van der Waals surface area contributed by atoms with Crippen molar-refractivity contribution in [3.63, 3.8) is 0 Å². The molecule has 0 radical (unpaired) electrons. The average molecular weight is 279 g/mol. The minimum Gasteiger partial charge on any atom is -0.133 e. The standard InChI is InChI=1S/C20H38/c1-5-7-8-9-10-11-12-16-20(4)18-14-13-17-19(3)15-6-2/h7,19-20H,1,6,8-18H2,2-4H3. The van der Waals surface area contributed by atoms with Gasteiger partial charge >= 0.3 is 0 Å². The molecule has 2 atom stereocenters. The fourth-order valence-corrected chi connectivity index (χ4v) is 2.96. The molecule has 0 fully saturated rings. The van der Waals surface area contributed by atoms with Crippen LogP contribution in [0.4, 0.5) is 0 Å². The Balaban J connectivity index is 3.28. The molecule has 0 rings (SSSR count). The largest absolute Gasteiger partial charge is 0.133 e. The number of allylic oxidation sites excluding steroid dienone is 1. The highest BCUT2D eigenvalue weighted by atomic mass is 14.1. The molecule has 20 heavy (non-hydrogen) atoms. The summed E-state index contributed by atoms with van der Waals surface area (Å²) in [6, 6.07) is 0. The molecular weight excluding hydrogens is 240 g/mol. The van der Waals surface area contributed by atoms with Gasteiger partial charge in [0.05, 0.1) is 0 Å². The van der Waals surface area contributed by atoms with Crippen molar-refractivity contribution in [2.45, 2.75) is 97.8 Å². The Labute approximate surface area is 128 Å². The normalized spacial score (nSPS) is 13.8. The van der Waals surface area contributed by atoms with Gasteiger partial charge in [0.25, 0.3) is 0 Å². The predicted molar refractivity (Wildman–Crippen MR) is 93.1 cm³/mol.